The number of rotatable bonds is 3. The molecule has 0 atom stereocenters. The Bertz CT molecular complexity index is 650. The Kier molecular flexibility index (Phi) is 3.15. The molecule has 0 spiro atoms. The molecular formula is C11H9N3O5. The highest BCUT2D eigenvalue weighted by Gasteiger charge is 2.16. The highest BCUT2D eigenvalue weighted by atomic mass is 16.5. The predicted molar refractivity (Wildman–Crippen MR) is 62.1 cm³/mol. The quantitative estimate of drug-likeness (QED) is 0.706. The summed E-state index contributed by atoms with van der Waals surface area (Å²) in [5.41, 5.74) is -0.121. The van der Waals surface area contributed by atoms with Gasteiger partial charge >= 0.3 is 5.97 Å². The van der Waals surface area contributed by atoms with Gasteiger partial charge in [0.25, 0.3) is 11.7 Å². The average molecular weight is 263 g/mol. The zero-order valence-corrected chi connectivity index (χ0v) is 9.75. The van der Waals surface area contributed by atoms with E-state index in [0.717, 1.165) is 6.07 Å². The Labute approximate surface area is 106 Å². The number of hydrogen-bond donors (Lipinski definition) is 3. The van der Waals surface area contributed by atoms with Crippen LogP contribution < -0.4 is 5.32 Å². The third kappa shape index (κ3) is 2.68. The van der Waals surface area contributed by atoms with Crippen molar-refractivity contribution in [3.05, 3.63) is 35.5 Å². The summed E-state index contributed by atoms with van der Waals surface area (Å²) in [6.07, 6.45) is 0. The molecule has 2 aromatic rings. The molecule has 0 aliphatic rings. The second kappa shape index (κ2) is 4.77. The number of carbonyl (C=O) groups is 2. The number of carboxylic acids is 1. The number of carbonyl (C=O) groups excluding carboxylic acids is 1. The van der Waals surface area contributed by atoms with Crippen LogP contribution >= 0.6 is 0 Å². The van der Waals surface area contributed by atoms with E-state index in [1.165, 1.54) is 19.1 Å². The van der Waals surface area contributed by atoms with Crippen LogP contribution in [0.2, 0.25) is 0 Å². The molecule has 1 amide bonds. The van der Waals surface area contributed by atoms with Crippen LogP contribution in [0.25, 0.3) is 0 Å². The number of carboxylic acid groups (broad SMARTS) is 1. The summed E-state index contributed by atoms with van der Waals surface area (Å²) in [5, 5.41) is 24.1. The number of nitrogens with zero attached hydrogens (tertiary/aromatic N) is 2. The van der Waals surface area contributed by atoms with Crippen molar-refractivity contribution in [1.29, 1.82) is 0 Å². The topological polar surface area (TPSA) is 126 Å². The van der Waals surface area contributed by atoms with Crippen LogP contribution in [0.15, 0.2) is 22.7 Å². The fourth-order valence-corrected chi connectivity index (χ4v) is 1.34. The second-order valence-electron chi connectivity index (χ2n) is 3.63. The van der Waals surface area contributed by atoms with Crippen molar-refractivity contribution in [2.24, 2.45) is 0 Å². The standard InChI is InChI=1S/C11H9N3O5/c1-5-12-9(14-19-5)10(16)13-7-4-6(11(17)18)2-3-8(7)15/h2-4,15H,1H3,(H,13,16)(H,17,18). The lowest BCUT2D eigenvalue weighted by molar-refractivity contribution is 0.0696. The molecule has 0 fully saturated rings. The third-order valence-electron chi connectivity index (χ3n) is 2.22. The molecule has 0 bridgehead atoms. The first-order valence-electron chi connectivity index (χ1n) is 5.15. The van der Waals surface area contributed by atoms with Crippen LogP contribution in [0.5, 0.6) is 5.75 Å². The van der Waals surface area contributed by atoms with Gasteiger partial charge in [-0.2, -0.15) is 4.98 Å². The van der Waals surface area contributed by atoms with Crippen LogP contribution in [0, 0.1) is 6.92 Å². The van der Waals surface area contributed by atoms with Gasteiger partial charge in [-0.1, -0.05) is 5.16 Å². The maximum absolute atomic E-state index is 11.7. The molecule has 3 N–H and O–H groups in total. The molecule has 0 unspecified atom stereocenters. The molecule has 0 saturated carbocycles. The number of phenolic OH excluding ortho intramolecular Hbond substituents is 1. The lowest BCUT2D eigenvalue weighted by atomic mass is 10.2. The number of phenols is 1. The van der Waals surface area contributed by atoms with Crippen molar-refractivity contribution in [1.82, 2.24) is 10.1 Å². The number of benzene rings is 1. The van der Waals surface area contributed by atoms with E-state index in [1.54, 1.807) is 0 Å². The van der Waals surface area contributed by atoms with E-state index in [4.69, 9.17) is 5.11 Å². The van der Waals surface area contributed by atoms with Crippen LogP contribution in [-0.4, -0.2) is 32.2 Å². The Morgan fingerprint density at radius 3 is 2.68 bits per heavy atom. The van der Waals surface area contributed by atoms with Gasteiger partial charge in [-0.25, -0.2) is 4.79 Å². The van der Waals surface area contributed by atoms with E-state index < -0.39 is 11.9 Å². The van der Waals surface area contributed by atoms with Gasteiger partial charge in [-0.3, -0.25) is 4.79 Å². The molecule has 1 aromatic heterocycles. The summed E-state index contributed by atoms with van der Waals surface area (Å²) >= 11 is 0. The highest BCUT2D eigenvalue weighted by molar-refractivity contribution is 6.03. The largest absolute Gasteiger partial charge is 0.506 e. The summed E-state index contributed by atoms with van der Waals surface area (Å²) in [7, 11) is 0. The first kappa shape index (κ1) is 12.6. The van der Waals surface area contributed by atoms with E-state index in [9.17, 15) is 14.7 Å². The Balaban J connectivity index is 2.25. The number of aromatic hydroxyl groups is 1. The number of nitrogens with one attached hydrogen (secondary N) is 1. The molecule has 98 valence electrons. The molecule has 8 heteroatoms. The molecule has 1 aromatic carbocycles. The Hall–Kier alpha value is -2.90. The third-order valence-corrected chi connectivity index (χ3v) is 2.22. The predicted octanol–water partition coefficient (Wildman–Crippen LogP) is 1.03. The first-order chi connectivity index (χ1) is 8.97. The van der Waals surface area contributed by atoms with Crippen molar-refractivity contribution < 1.29 is 24.3 Å². The van der Waals surface area contributed by atoms with Gasteiger partial charge in [0, 0.05) is 6.92 Å². The van der Waals surface area contributed by atoms with Gasteiger partial charge in [0.2, 0.25) is 5.89 Å². The minimum absolute atomic E-state index is 0.0487. The van der Waals surface area contributed by atoms with Crippen LogP contribution in [0.4, 0.5) is 5.69 Å². The minimum Gasteiger partial charge on any atom is -0.506 e. The monoisotopic (exact) mass is 263 g/mol. The lowest BCUT2D eigenvalue weighted by Crippen LogP contribution is -2.14. The number of aromatic carboxylic acids is 1. The zero-order chi connectivity index (χ0) is 14.0. The number of hydrogen-bond acceptors (Lipinski definition) is 6. The first-order valence-corrected chi connectivity index (χ1v) is 5.15. The minimum atomic E-state index is -1.18. The Morgan fingerprint density at radius 2 is 2.11 bits per heavy atom. The summed E-state index contributed by atoms with van der Waals surface area (Å²) in [4.78, 5) is 26.2. The van der Waals surface area contributed by atoms with E-state index in [1.807, 2.05) is 0 Å². The second-order valence-corrected chi connectivity index (χ2v) is 3.63. The molecular weight excluding hydrogens is 254 g/mol. The van der Waals surface area contributed by atoms with Crippen LogP contribution in [-0.2, 0) is 0 Å². The fourth-order valence-electron chi connectivity index (χ4n) is 1.34. The van der Waals surface area contributed by atoms with Crippen molar-refractivity contribution in [3.8, 4) is 5.75 Å². The lowest BCUT2D eigenvalue weighted by Gasteiger charge is -2.06. The molecule has 0 radical (unpaired) electrons. The van der Waals surface area contributed by atoms with E-state index in [2.05, 4.69) is 20.0 Å². The van der Waals surface area contributed by atoms with Gasteiger partial charge in [0.15, 0.2) is 0 Å². The summed E-state index contributed by atoms with van der Waals surface area (Å²) in [6.45, 7) is 1.52. The number of anilines is 1. The van der Waals surface area contributed by atoms with E-state index in [0.29, 0.717) is 0 Å². The van der Waals surface area contributed by atoms with Gasteiger partial charge in [-0.05, 0) is 18.2 Å². The molecule has 0 aliphatic carbocycles. The maximum atomic E-state index is 11.7. The van der Waals surface area contributed by atoms with Crippen molar-refractivity contribution in [2.45, 2.75) is 6.92 Å². The molecule has 0 aliphatic heterocycles. The van der Waals surface area contributed by atoms with Gasteiger partial charge < -0.3 is 20.1 Å². The number of amides is 1. The molecule has 2 rings (SSSR count). The number of aryl methyl sites for hydroxylation is 1. The summed E-state index contributed by atoms with van der Waals surface area (Å²) in [6, 6.07) is 3.51. The average Bonchev–Trinajstić information content (AvgIpc) is 2.78. The van der Waals surface area contributed by atoms with Crippen molar-refractivity contribution in [2.75, 3.05) is 5.32 Å². The van der Waals surface area contributed by atoms with Crippen molar-refractivity contribution >= 4 is 17.6 Å². The summed E-state index contributed by atoms with van der Waals surface area (Å²) < 4.78 is 4.64. The molecule has 1 heterocycles. The highest BCUT2D eigenvalue weighted by Crippen LogP contribution is 2.24. The summed E-state index contributed by atoms with van der Waals surface area (Å²) in [5.74, 6) is -2.15. The smallest absolute Gasteiger partial charge is 0.335 e. The molecule has 19 heavy (non-hydrogen) atoms. The van der Waals surface area contributed by atoms with Crippen LogP contribution in [0.1, 0.15) is 26.9 Å². The molecule has 0 saturated heterocycles. The maximum Gasteiger partial charge on any atom is 0.335 e. The normalized spacial score (nSPS) is 10.2. The SMILES string of the molecule is Cc1nc(C(=O)Nc2cc(C(=O)O)ccc2O)no1. The fraction of sp³-hybridized carbons (Fsp3) is 0.0909. The Morgan fingerprint density at radius 1 is 1.37 bits per heavy atom. The molecule has 8 nitrogen and oxygen atoms in total. The number of aromatic nitrogens is 2. The van der Waals surface area contributed by atoms with E-state index in [-0.39, 0.29) is 28.7 Å². The van der Waals surface area contributed by atoms with Gasteiger partial charge in [-0.15, -0.1) is 0 Å². The van der Waals surface area contributed by atoms with Crippen LogP contribution in [0.3, 0.4) is 0 Å². The van der Waals surface area contributed by atoms with E-state index >= 15 is 0 Å². The zero-order valence-electron chi connectivity index (χ0n) is 9.75. The van der Waals surface area contributed by atoms with Gasteiger partial charge in [0.05, 0.1) is 11.3 Å². The van der Waals surface area contributed by atoms with Gasteiger partial charge in [0.1, 0.15) is 5.75 Å². The van der Waals surface area contributed by atoms with Crippen molar-refractivity contribution in [3.63, 3.8) is 0 Å².